The van der Waals surface area contributed by atoms with Crippen LogP contribution in [-0.4, -0.2) is 22.9 Å². The molecule has 3 heteroatoms. The molecule has 0 aromatic rings. The first-order chi connectivity index (χ1) is 9.01. The highest BCUT2D eigenvalue weighted by molar-refractivity contribution is 5.97. The number of rotatable bonds is 2. The Morgan fingerprint density at radius 3 is 3.05 bits per heavy atom. The fourth-order valence-electron chi connectivity index (χ4n) is 2.92. The molecular weight excluding hydrogens is 236 g/mol. The van der Waals surface area contributed by atoms with Crippen LogP contribution in [0.5, 0.6) is 0 Å². The molecule has 0 fully saturated rings. The maximum Gasteiger partial charge on any atom is 0.216 e. The van der Waals surface area contributed by atoms with Crippen molar-refractivity contribution in [3.8, 4) is 0 Å². The van der Waals surface area contributed by atoms with Gasteiger partial charge in [-0.2, -0.15) is 4.99 Å². The molecule has 2 atom stereocenters. The maximum atomic E-state index is 6.20. The molecule has 3 aliphatic heterocycles. The van der Waals surface area contributed by atoms with Gasteiger partial charge in [0, 0.05) is 18.2 Å². The zero-order valence-corrected chi connectivity index (χ0v) is 12.2. The zero-order valence-electron chi connectivity index (χ0n) is 12.2. The van der Waals surface area contributed by atoms with Gasteiger partial charge in [0.2, 0.25) is 5.88 Å². The standard InChI is InChI=1S/C16H22N2O/c1-5-12(3)16(4)9-13-10-18-7-6-11(2)8-14(18)17-15(13)19-16/h6-8,12H,5,9-10H2,1-4H3/t12?,16-/m1/s1. The molecule has 0 bridgehead atoms. The third kappa shape index (κ3) is 2.01. The van der Waals surface area contributed by atoms with Crippen molar-refractivity contribution in [1.82, 2.24) is 4.90 Å². The van der Waals surface area contributed by atoms with E-state index in [1.807, 2.05) is 0 Å². The minimum absolute atomic E-state index is 0.0828. The predicted molar refractivity (Wildman–Crippen MR) is 77.6 cm³/mol. The predicted octanol–water partition coefficient (Wildman–Crippen LogP) is 3.61. The monoisotopic (exact) mass is 258 g/mol. The number of hydrogen-bond acceptors (Lipinski definition) is 3. The highest BCUT2D eigenvalue weighted by Gasteiger charge is 2.42. The smallest absolute Gasteiger partial charge is 0.216 e. The minimum Gasteiger partial charge on any atom is -0.471 e. The third-order valence-corrected chi connectivity index (χ3v) is 4.60. The van der Waals surface area contributed by atoms with Crippen LogP contribution in [0.4, 0.5) is 0 Å². The van der Waals surface area contributed by atoms with E-state index in [-0.39, 0.29) is 5.60 Å². The molecule has 0 spiro atoms. The Kier molecular flexibility index (Phi) is 2.80. The fourth-order valence-corrected chi connectivity index (χ4v) is 2.92. The Labute approximate surface area is 115 Å². The summed E-state index contributed by atoms with van der Waals surface area (Å²) in [5.74, 6) is 2.42. The second-order valence-electron chi connectivity index (χ2n) is 6.11. The van der Waals surface area contributed by atoms with Crippen molar-refractivity contribution in [3.63, 3.8) is 0 Å². The lowest BCUT2D eigenvalue weighted by atomic mass is 9.84. The number of amidine groups is 1. The number of fused-ring (bicyclic) bond motifs is 1. The molecule has 3 aliphatic rings. The fraction of sp³-hybridized carbons (Fsp3) is 0.562. The minimum atomic E-state index is -0.0828. The highest BCUT2D eigenvalue weighted by Crippen LogP contribution is 2.42. The molecule has 19 heavy (non-hydrogen) atoms. The summed E-state index contributed by atoms with van der Waals surface area (Å²) < 4.78 is 6.20. The van der Waals surface area contributed by atoms with E-state index in [4.69, 9.17) is 9.73 Å². The number of nitrogens with zero attached hydrogens (tertiary/aromatic N) is 2. The van der Waals surface area contributed by atoms with Crippen molar-refractivity contribution in [2.45, 2.75) is 46.1 Å². The summed E-state index contributed by atoms with van der Waals surface area (Å²) in [6, 6.07) is 0. The Morgan fingerprint density at radius 2 is 2.32 bits per heavy atom. The molecule has 0 aromatic carbocycles. The van der Waals surface area contributed by atoms with Crippen molar-refractivity contribution >= 4 is 5.84 Å². The first-order valence-corrected chi connectivity index (χ1v) is 7.14. The summed E-state index contributed by atoms with van der Waals surface area (Å²) in [4.78, 5) is 6.91. The molecule has 0 radical (unpaired) electrons. The maximum absolute atomic E-state index is 6.20. The lowest BCUT2D eigenvalue weighted by Gasteiger charge is -2.30. The Bertz CT molecular complexity index is 527. The topological polar surface area (TPSA) is 24.8 Å². The van der Waals surface area contributed by atoms with E-state index in [1.54, 1.807) is 0 Å². The summed E-state index contributed by atoms with van der Waals surface area (Å²) in [6.45, 7) is 9.72. The van der Waals surface area contributed by atoms with Crippen LogP contribution < -0.4 is 0 Å². The van der Waals surface area contributed by atoms with Crippen molar-refractivity contribution in [2.24, 2.45) is 10.9 Å². The van der Waals surface area contributed by atoms with Gasteiger partial charge in [-0.3, -0.25) is 0 Å². The summed E-state index contributed by atoms with van der Waals surface area (Å²) >= 11 is 0. The van der Waals surface area contributed by atoms with Crippen molar-refractivity contribution in [3.05, 3.63) is 35.4 Å². The number of allylic oxidation sites excluding steroid dienone is 2. The van der Waals surface area contributed by atoms with Gasteiger partial charge in [-0.05, 0) is 43.9 Å². The third-order valence-electron chi connectivity index (χ3n) is 4.60. The van der Waals surface area contributed by atoms with Crippen LogP contribution in [0.3, 0.4) is 0 Å². The Balaban J connectivity index is 1.87. The summed E-state index contributed by atoms with van der Waals surface area (Å²) in [7, 11) is 0. The molecule has 3 nitrogen and oxygen atoms in total. The lowest BCUT2D eigenvalue weighted by molar-refractivity contribution is -0.00629. The van der Waals surface area contributed by atoms with Crippen LogP contribution in [0.15, 0.2) is 40.4 Å². The highest BCUT2D eigenvalue weighted by atomic mass is 16.5. The van der Waals surface area contributed by atoms with Gasteiger partial charge in [-0.15, -0.1) is 0 Å². The molecule has 0 saturated heterocycles. The Hall–Kier alpha value is -1.51. The van der Waals surface area contributed by atoms with Gasteiger partial charge in [0.25, 0.3) is 0 Å². The molecule has 0 N–H and O–H groups in total. The molecule has 0 amide bonds. The molecule has 3 rings (SSSR count). The quantitative estimate of drug-likeness (QED) is 0.756. The van der Waals surface area contributed by atoms with Crippen molar-refractivity contribution < 1.29 is 4.74 Å². The van der Waals surface area contributed by atoms with Gasteiger partial charge < -0.3 is 9.64 Å². The largest absolute Gasteiger partial charge is 0.471 e. The van der Waals surface area contributed by atoms with Crippen LogP contribution in [0.1, 0.15) is 40.5 Å². The van der Waals surface area contributed by atoms with Gasteiger partial charge in [-0.1, -0.05) is 13.8 Å². The van der Waals surface area contributed by atoms with E-state index in [2.05, 4.69) is 50.9 Å². The van der Waals surface area contributed by atoms with Gasteiger partial charge in [0.05, 0.1) is 6.54 Å². The molecule has 0 aliphatic carbocycles. The van der Waals surface area contributed by atoms with Crippen molar-refractivity contribution in [2.75, 3.05) is 6.54 Å². The van der Waals surface area contributed by atoms with Crippen LogP contribution in [0, 0.1) is 5.92 Å². The van der Waals surface area contributed by atoms with Gasteiger partial charge in [0.15, 0.2) is 0 Å². The van der Waals surface area contributed by atoms with Crippen LogP contribution in [-0.2, 0) is 4.74 Å². The van der Waals surface area contributed by atoms with Gasteiger partial charge in [0.1, 0.15) is 11.4 Å². The number of hydrogen-bond donors (Lipinski definition) is 0. The van der Waals surface area contributed by atoms with E-state index in [0.717, 1.165) is 31.1 Å². The van der Waals surface area contributed by atoms with E-state index in [0.29, 0.717) is 5.92 Å². The summed E-state index contributed by atoms with van der Waals surface area (Å²) in [6.07, 6.45) is 8.51. The molecule has 102 valence electrons. The summed E-state index contributed by atoms with van der Waals surface area (Å²) in [5, 5.41) is 0. The first kappa shape index (κ1) is 12.5. The van der Waals surface area contributed by atoms with Crippen LogP contribution >= 0.6 is 0 Å². The first-order valence-electron chi connectivity index (χ1n) is 7.14. The molecule has 1 unspecified atom stereocenters. The van der Waals surface area contributed by atoms with Crippen LogP contribution in [0.25, 0.3) is 0 Å². The molecular formula is C16H22N2O. The zero-order chi connectivity index (χ0) is 13.6. The van der Waals surface area contributed by atoms with Gasteiger partial charge >= 0.3 is 0 Å². The van der Waals surface area contributed by atoms with E-state index < -0.39 is 0 Å². The molecule has 0 saturated carbocycles. The number of aliphatic imine (C=N–C) groups is 1. The SMILES string of the molecule is CCC(C)[C@@]1(C)CC2=C(N=C3C=C(C)C=CN3C2)O1. The lowest BCUT2D eigenvalue weighted by Crippen LogP contribution is -2.33. The van der Waals surface area contributed by atoms with E-state index >= 15 is 0 Å². The molecule has 3 heterocycles. The Morgan fingerprint density at radius 1 is 1.53 bits per heavy atom. The second kappa shape index (κ2) is 4.26. The average molecular weight is 258 g/mol. The van der Waals surface area contributed by atoms with Gasteiger partial charge in [-0.25, -0.2) is 0 Å². The second-order valence-corrected chi connectivity index (χ2v) is 6.11. The van der Waals surface area contributed by atoms with E-state index in [1.165, 1.54) is 11.1 Å². The normalized spacial score (nSPS) is 30.4. The van der Waals surface area contributed by atoms with Crippen LogP contribution in [0.2, 0.25) is 0 Å². The van der Waals surface area contributed by atoms with Crippen molar-refractivity contribution in [1.29, 1.82) is 0 Å². The number of ether oxygens (including phenoxy) is 1. The molecule has 0 aromatic heterocycles. The summed E-state index contributed by atoms with van der Waals surface area (Å²) in [5.41, 5.74) is 2.49. The average Bonchev–Trinajstić information content (AvgIpc) is 2.71. The van der Waals surface area contributed by atoms with E-state index in [9.17, 15) is 0 Å².